The van der Waals surface area contributed by atoms with Crippen LogP contribution in [-0.2, 0) is 22.7 Å². The van der Waals surface area contributed by atoms with E-state index in [1.165, 1.54) is 0 Å². The van der Waals surface area contributed by atoms with Gasteiger partial charge in [-0.25, -0.2) is 9.78 Å². The number of rotatable bonds is 7. The zero-order valence-electron chi connectivity index (χ0n) is 14.9. The van der Waals surface area contributed by atoms with E-state index in [0.29, 0.717) is 36.8 Å². The van der Waals surface area contributed by atoms with Crippen molar-refractivity contribution in [2.75, 3.05) is 25.0 Å². The second-order valence-corrected chi connectivity index (χ2v) is 6.09. The number of ether oxygens (including phenoxy) is 2. The van der Waals surface area contributed by atoms with Gasteiger partial charge in [0, 0.05) is 6.54 Å². The lowest BCUT2D eigenvalue weighted by atomic mass is 10.2. The Hall–Kier alpha value is -3.13. The molecular weight excluding hydrogens is 348 g/mol. The molecule has 27 heavy (non-hydrogen) atoms. The Balaban J connectivity index is 1.66. The minimum absolute atomic E-state index is 0.0253. The largest absolute Gasteiger partial charge is 0.480 e. The van der Waals surface area contributed by atoms with Gasteiger partial charge in [-0.3, -0.25) is 4.79 Å². The molecule has 0 aliphatic carbocycles. The van der Waals surface area contributed by atoms with Crippen LogP contribution in [0.5, 0.6) is 5.75 Å². The average molecular weight is 370 g/mol. The molecule has 8 nitrogen and oxygen atoms in total. The number of hydrogen-bond acceptors (Lipinski definition) is 6. The lowest BCUT2D eigenvalue weighted by Crippen LogP contribution is -2.33. The third kappa shape index (κ3) is 5.18. The lowest BCUT2D eigenvalue weighted by Gasteiger charge is -2.23. The quantitative estimate of drug-likeness (QED) is 0.771. The first-order valence-electron chi connectivity index (χ1n) is 8.74. The number of hydrogen-bond donors (Lipinski definition) is 2. The number of aromatic nitrogens is 1. The van der Waals surface area contributed by atoms with Crippen LogP contribution in [0, 0.1) is 0 Å². The molecule has 0 saturated heterocycles. The Labute approximate surface area is 157 Å². The van der Waals surface area contributed by atoms with Gasteiger partial charge in [0.05, 0.1) is 12.2 Å². The van der Waals surface area contributed by atoms with E-state index >= 15 is 0 Å². The Morgan fingerprint density at radius 2 is 2.07 bits per heavy atom. The van der Waals surface area contributed by atoms with Crippen molar-refractivity contribution in [1.29, 1.82) is 0 Å². The van der Waals surface area contributed by atoms with Gasteiger partial charge in [0.25, 0.3) is 5.91 Å². The van der Waals surface area contributed by atoms with Crippen molar-refractivity contribution < 1.29 is 19.1 Å². The first-order valence-corrected chi connectivity index (χ1v) is 8.74. The van der Waals surface area contributed by atoms with Gasteiger partial charge >= 0.3 is 6.09 Å². The number of pyridine rings is 1. The third-order valence-electron chi connectivity index (χ3n) is 3.98. The van der Waals surface area contributed by atoms with E-state index in [-0.39, 0.29) is 25.7 Å². The van der Waals surface area contributed by atoms with E-state index in [1.54, 1.807) is 17.0 Å². The van der Waals surface area contributed by atoms with Crippen molar-refractivity contribution in [2.45, 2.75) is 19.6 Å². The van der Waals surface area contributed by atoms with Gasteiger partial charge in [0.2, 0.25) is 0 Å². The van der Waals surface area contributed by atoms with Crippen LogP contribution in [0.15, 0.2) is 42.5 Å². The van der Waals surface area contributed by atoms with Crippen LogP contribution in [0.3, 0.4) is 0 Å². The normalized spacial score (nSPS) is 12.6. The van der Waals surface area contributed by atoms with Crippen LogP contribution in [0.2, 0.25) is 0 Å². The van der Waals surface area contributed by atoms with Gasteiger partial charge in [-0.15, -0.1) is 0 Å². The van der Waals surface area contributed by atoms with E-state index in [0.717, 1.165) is 5.56 Å². The fourth-order valence-corrected chi connectivity index (χ4v) is 2.62. The van der Waals surface area contributed by atoms with Crippen molar-refractivity contribution in [3.8, 4) is 5.75 Å². The van der Waals surface area contributed by atoms with Crippen molar-refractivity contribution in [2.24, 2.45) is 5.73 Å². The molecule has 0 saturated carbocycles. The first kappa shape index (κ1) is 18.7. The lowest BCUT2D eigenvalue weighted by molar-refractivity contribution is -0.118. The third-order valence-corrected chi connectivity index (χ3v) is 3.98. The molecule has 2 heterocycles. The highest BCUT2D eigenvalue weighted by molar-refractivity contribution is 5.94. The van der Waals surface area contributed by atoms with Gasteiger partial charge in [0.1, 0.15) is 6.61 Å². The summed E-state index contributed by atoms with van der Waals surface area (Å²) in [6.45, 7) is 1.33. The smallest absolute Gasteiger partial charge is 0.410 e. The van der Waals surface area contributed by atoms with Crippen LogP contribution in [-0.4, -0.2) is 41.6 Å². The number of nitrogens with one attached hydrogen (secondary N) is 1. The second kappa shape index (κ2) is 9.00. The molecule has 0 fully saturated rings. The number of amides is 2. The number of anilines is 1. The number of benzene rings is 1. The Morgan fingerprint density at radius 1 is 1.26 bits per heavy atom. The molecule has 0 bridgehead atoms. The number of nitrogens with two attached hydrogens (primary N) is 1. The topological polar surface area (TPSA) is 107 Å². The average Bonchev–Trinajstić information content (AvgIpc) is 2.69. The SMILES string of the molecule is NCCCN(Cc1ccc2c(n1)NC(=O)CO2)C(=O)OCc1ccccc1. The monoisotopic (exact) mass is 370 g/mol. The zero-order valence-corrected chi connectivity index (χ0v) is 14.9. The van der Waals surface area contributed by atoms with Crippen LogP contribution < -0.4 is 15.8 Å². The molecule has 1 aromatic carbocycles. The zero-order chi connectivity index (χ0) is 19.1. The van der Waals surface area contributed by atoms with Gasteiger partial charge < -0.3 is 25.4 Å². The molecule has 1 aromatic heterocycles. The number of carbonyl (C=O) groups excluding carboxylic acids is 2. The van der Waals surface area contributed by atoms with Gasteiger partial charge in [-0.2, -0.15) is 0 Å². The molecule has 2 aromatic rings. The standard InChI is InChI=1S/C19H22N4O4/c20-9-4-10-23(19(25)27-12-14-5-2-1-3-6-14)11-15-7-8-16-18(21-15)22-17(24)13-26-16/h1-3,5-8H,4,9-13,20H2,(H,21,22,24). The van der Waals surface area contributed by atoms with Gasteiger partial charge in [0.15, 0.2) is 18.2 Å². The fourth-order valence-electron chi connectivity index (χ4n) is 2.62. The molecule has 3 N–H and O–H groups in total. The van der Waals surface area contributed by atoms with Crippen LogP contribution in [0.1, 0.15) is 17.7 Å². The van der Waals surface area contributed by atoms with Crippen molar-refractivity contribution in [1.82, 2.24) is 9.88 Å². The van der Waals surface area contributed by atoms with Crippen molar-refractivity contribution in [3.05, 3.63) is 53.7 Å². The number of nitrogens with zero attached hydrogens (tertiary/aromatic N) is 2. The summed E-state index contributed by atoms with van der Waals surface area (Å²) in [4.78, 5) is 29.9. The predicted molar refractivity (Wildman–Crippen MR) is 99.1 cm³/mol. The molecule has 8 heteroatoms. The van der Waals surface area contributed by atoms with E-state index in [9.17, 15) is 9.59 Å². The molecule has 0 atom stereocenters. The highest BCUT2D eigenvalue weighted by Gasteiger charge is 2.20. The predicted octanol–water partition coefficient (Wildman–Crippen LogP) is 1.90. The molecule has 1 aliphatic heterocycles. The van der Waals surface area contributed by atoms with E-state index in [4.69, 9.17) is 15.2 Å². The summed E-state index contributed by atoms with van der Waals surface area (Å²) in [6.07, 6.45) is 0.206. The Morgan fingerprint density at radius 3 is 2.85 bits per heavy atom. The highest BCUT2D eigenvalue weighted by atomic mass is 16.6. The second-order valence-electron chi connectivity index (χ2n) is 6.09. The number of fused-ring (bicyclic) bond motifs is 1. The number of carbonyl (C=O) groups is 2. The van der Waals surface area contributed by atoms with Crippen molar-refractivity contribution >= 4 is 17.8 Å². The van der Waals surface area contributed by atoms with Gasteiger partial charge in [-0.05, 0) is 30.7 Å². The van der Waals surface area contributed by atoms with Crippen molar-refractivity contribution in [3.63, 3.8) is 0 Å². The van der Waals surface area contributed by atoms with E-state index < -0.39 is 6.09 Å². The fraction of sp³-hybridized carbons (Fsp3) is 0.316. The molecule has 1 aliphatic rings. The highest BCUT2D eigenvalue weighted by Crippen LogP contribution is 2.25. The molecule has 0 radical (unpaired) electrons. The molecule has 0 unspecified atom stereocenters. The maximum atomic E-state index is 12.5. The maximum absolute atomic E-state index is 12.5. The summed E-state index contributed by atoms with van der Waals surface area (Å²) >= 11 is 0. The summed E-state index contributed by atoms with van der Waals surface area (Å²) in [7, 11) is 0. The first-order chi connectivity index (χ1) is 13.2. The molecule has 0 spiro atoms. The molecule has 142 valence electrons. The summed E-state index contributed by atoms with van der Waals surface area (Å²) < 4.78 is 10.7. The Kier molecular flexibility index (Phi) is 6.22. The summed E-state index contributed by atoms with van der Waals surface area (Å²) in [5, 5.41) is 2.66. The van der Waals surface area contributed by atoms with Gasteiger partial charge in [-0.1, -0.05) is 30.3 Å². The van der Waals surface area contributed by atoms with E-state index in [1.807, 2.05) is 30.3 Å². The molecular formula is C19H22N4O4. The minimum Gasteiger partial charge on any atom is -0.480 e. The van der Waals surface area contributed by atoms with Crippen LogP contribution in [0.25, 0.3) is 0 Å². The summed E-state index contributed by atoms with van der Waals surface area (Å²) in [5.74, 6) is 0.619. The minimum atomic E-state index is -0.438. The molecule has 3 rings (SSSR count). The summed E-state index contributed by atoms with van der Waals surface area (Å²) in [6, 6.07) is 13.0. The van der Waals surface area contributed by atoms with E-state index in [2.05, 4.69) is 10.3 Å². The summed E-state index contributed by atoms with van der Waals surface area (Å²) in [5.41, 5.74) is 7.12. The van der Waals surface area contributed by atoms with Crippen LogP contribution in [0.4, 0.5) is 10.6 Å². The molecule has 2 amide bonds. The van der Waals surface area contributed by atoms with Crippen LogP contribution >= 0.6 is 0 Å². The Bertz CT molecular complexity index is 798. The maximum Gasteiger partial charge on any atom is 0.410 e.